The molecule has 0 atom stereocenters. The van der Waals surface area contributed by atoms with Crippen LogP contribution in [-0.2, 0) is 0 Å². The van der Waals surface area contributed by atoms with Gasteiger partial charge in [-0.15, -0.1) is 0 Å². The number of hydrogen-bond acceptors (Lipinski definition) is 1. The van der Waals surface area contributed by atoms with E-state index in [0.717, 1.165) is 51.0 Å². The van der Waals surface area contributed by atoms with Crippen molar-refractivity contribution < 1.29 is 13.9 Å². The van der Waals surface area contributed by atoms with E-state index < -0.39 is 11.7 Å². The summed E-state index contributed by atoms with van der Waals surface area (Å²) in [5.74, 6) is 0. The van der Waals surface area contributed by atoms with Crippen molar-refractivity contribution in [2.75, 3.05) is 0 Å². The van der Waals surface area contributed by atoms with E-state index in [1.165, 1.54) is 0 Å². The SMILES string of the molecule is CC(C)(O)CCCCCCCCC=C(F)F. The van der Waals surface area contributed by atoms with E-state index in [9.17, 15) is 13.9 Å². The largest absolute Gasteiger partial charge is 0.390 e. The fourth-order valence-electron chi connectivity index (χ4n) is 1.62. The van der Waals surface area contributed by atoms with Crippen molar-refractivity contribution in [3.8, 4) is 0 Å². The Kier molecular flexibility index (Phi) is 8.44. The minimum atomic E-state index is -1.56. The minimum Gasteiger partial charge on any atom is -0.390 e. The van der Waals surface area contributed by atoms with Crippen LogP contribution >= 0.6 is 0 Å². The van der Waals surface area contributed by atoms with Gasteiger partial charge in [0.05, 0.1) is 5.60 Å². The predicted octanol–water partition coefficient (Wildman–Crippen LogP) is 4.66. The number of hydrogen-bond donors (Lipinski definition) is 1. The quantitative estimate of drug-likeness (QED) is 0.575. The van der Waals surface area contributed by atoms with Crippen molar-refractivity contribution in [3.05, 3.63) is 12.2 Å². The third kappa shape index (κ3) is 13.6. The lowest BCUT2D eigenvalue weighted by molar-refractivity contribution is 0.0680. The molecule has 0 rings (SSSR count). The Labute approximate surface area is 97.6 Å². The second kappa shape index (κ2) is 8.68. The Bertz CT molecular complexity index is 191. The molecule has 0 saturated heterocycles. The van der Waals surface area contributed by atoms with E-state index >= 15 is 0 Å². The van der Waals surface area contributed by atoms with Crippen LogP contribution in [0.25, 0.3) is 0 Å². The molecule has 0 aromatic carbocycles. The Morgan fingerprint density at radius 2 is 1.50 bits per heavy atom. The third-order valence-corrected chi connectivity index (χ3v) is 2.54. The van der Waals surface area contributed by atoms with Gasteiger partial charge in [-0.3, -0.25) is 0 Å². The lowest BCUT2D eigenvalue weighted by atomic mass is 10.00. The van der Waals surface area contributed by atoms with Crippen molar-refractivity contribution in [2.24, 2.45) is 0 Å². The molecule has 0 aliphatic heterocycles. The lowest BCUT2D eigenvalue weighted by Crippen LogP contribution is -2.17. The first kappa shape index (κ1) is 15.6. The summed E-state index contributed by atoms with van der Waals surface area (Å²) >= 11 is 0. The van der Waals surface area contributed by atoms with Crippen LogP contribution in [0.2, 0.25) is 0 Å². The Morgan fingerprint density at radius 1 is 1.00 bits per heavy atom. The minimum absolute atomic E-state index is 0.492. The summed E-state index contributed by atoms with van der Waals surface area (Å²) in [7, 11) is 0. The van der Waals surface area contributed by atoms with Gasteiger partial charge in [0.15, 0.2) is 0 Å². The normalized spacial score (nSPS) is 11.6. The highest BCUT2D eigenvalue weighted by atomic mass is 19.3. The second-order valence-electron chi connectivity index (χ2n) is 4.97. The van der Waals surface area contributed by atoms with Crippen LogP contribution in [0.1, 0.15) is 65.2 Å². The molecule has 0 fully saturated rings. The van der Waals surface area contributed by atoms with Gasteiger partial charge in [0.2, 0.25) is 0 Å². The predicted molar refractivity (Wildman–Crippen MR) is 63.5 cm³/mol. The van der Waals surface area contributed by atoms with Gasteiger partial charge in [-0.2, -0.15) is 8.78 Å². The van der Waals surface area contributed by atoms with Crippen molar-refractivity contribution in [3.63, 3.8) is 0 Å². The summed E-state index contributed by atoms with van der Waals surface area (Å²) in [4.78, 5) is 0. The van der Waals surface area contributed by atoms with Crippen LogP contribution < -0.4 is 0 Å². The number of aliphatic hydroxyl groups is 1. The lowest BCUT2D eigenvalue weighted by Gasteiger charge is -2.16. The summed E-state index contributed by atoms with van der Waals surface area (Å²) in [6, 6.07) is 0. The highest BCUT2D eigenvalue weighted by Crippen LogP contribution is 2.15. The first-order valence-corrected chi connectivity index (χ1v) is 6.15. The number of allylic oxidation sites excluding steroid dienone is 1. The van der Waals surface area contributed by atoms with Crippen molar-refractivity contribution in [1.29, 1.82) is 0 Å². The zero-order valence-electron chi connectivity index (χ0n) is 10.4. The molecule has 0 heterocycles. The molecular formula is C13H24F2O. The van der Waals surface area contributed by atoms with Gasteiger partial charge in [0.1, 0.15) is 0 Å². The Morgan fingerprint density at radius 3 is 2.00 bits per heavy atom. The molecule has 3 heteroatoms. The summed E-state index contributed by atoms with van der Waals surface area (Å²) in [6.45, 7) is 3.65. The van der Waals surface area contributed by atoms with Gasteiger partial charge in [-0.1, -0.05) is 32.1 Å². The average Bonchev–Trinajstić information content (AvgIpc) is 2.13. The highest BCUT2D eigenvalue weighted by molar-refractivity contribution is 4.79. The zero-order chi connectivity index (χ0) is 12.4. The molecule has 0 amide bonds. The van der Waals surface area contributed by atoms with E-state index in [2.05, 4.69) is 0 Å². The molecule has 1 N–H and O–H groups in total. The van der Waals surface area contributed by atoms with Crippen LogP contribution in [0.15, 0.2) is 12.2 Å². The van der Waals surface area contributed by atoms with Gasteiger partial charge in [-0.25, -0.2) is 0 Å². The molecule has 16 heavy (non-hydrogen) atoms. The van der Waals surface area contributed by atoms with E-state index in [-0.39, 0.29) is 0 Å². The first-order chi connectivity index (χ1) is 7.42. The van der Waals surface area contributed by atoms with E-state index in [4.69, 9.17) is 0 Å². The molecule has 1 nitrogen and oxygen atoms in total. The molecule has 0 aromatic heterocycles. The number of halogens is 2. The van der Waals surface area contributed by atoms with E-state index in [1.807, 2.05) is 13.8 Å². The summed E-state index contributed by atoms with van der Waals surface area (Å²) in [6.07, 6.45) is 7.04. The van der Waals surface area contributed by atoms with Gasteiger partial charge >= 0.3 is 0 Å². The molecule has 0 aliphatic carbocycles. The maximum absolute atomic E-state index is 11.7. The molecule has 0 radical (unpaired) electrons. The number of rotatable bonds is 9. The average molecular weight is 234 g/mol. The first-order valence-electron chi connectivity index (χ1n) is 6.15. The summed E-state index contributed by atoms with van der Waals surface area (Å²) in [5, 5.41) is 9.46. The van der Waals surface area contributed by atoms with Crippen LogP contribution in [0, 0.1) is 0 Å². The highest BCUT2D eigenvalue weighted by Gasteiger charge is 2.10. The second-order valence-corrected chi connectivity index (χ2v) is 4.97. The van der Waals surface area contributed by atoms with Crippen molar-refractivity contribution in [2.45, 2.75) is 70.8 Å². The van der Waals surface area contributed by atoms with Crippen molar-refractivity contribution in [1.82, 2.24) is 0 Å². The fraction of sp³-hybridized carbons (Fsp3) is 0.846. The molecule has 0 aromatic rings. The van der Waals surface area contributed by atoms with Crippen LogP contribution in [0.5, 0.6) is 0 Å². The van der Waals surface area contributed by atoms with E-state index in [0.29, 0.717) is 6.42 Å². The molecule has 0 bridgehead atoms. The van der Waals surface area contributed by atoms with E-state index in [1.54, 1.807) is 0 Å². The maximum Gasteiger partial charge on any atom is 0.266 e. The standard InChI is InChI=1S/C13H24F2O/c1-13(2,16)11-9-7-5-3-4-6-8-10-12(14)15/h10,16H,3-9,11H2,1-2H3. The molecular weight excluding hydrogens is 210 g/mol. The van der Waals surface area contributed by atoms with Gasteiger partial charge in [0, 0.05) is 0 Å². The molecule has 96 valence electrons. The van der Waals surface area contributed by atoms with Crippen molar-refractivity contribution >= 4 is 0 Å². The summed E-state index contributed by atoms with van der Waals surface area (Å²) < 4.78 is 23.3. The monoisotopic (exact) mass is 234 g/mol. The molecule has 0 aliphatic rings. The fourth-order valence-corrected chi connectivity index (χ4v) is 1.62. The zero-order valence-corrected chi connectivity index (χ0v) is 10.4. The Hall–Kier alpha value is -0.440. The third-order valence-electron chi connectivity index (χ3n) is 2.54. The smallest absolute Gasteiger partial charge is 0.266 e. The summed E-state index contributed by atoms with van der Waals surface area (Å²) in [5.41, 5.74) is -0.552. The van der Waals surface area contributed by atoms with Crippen LogP contribution in [0.4, 0.5) is 8.78 Å². The van der Waals surface area contributed by atoms with Crippen LogP contribution in [-0.4, -0.2) is 10.7 Å². The topological polar surface area (TPSA) is 20.2 Å². The van der Waals surface area contributed by atoms with Gasteiger partial charge in [-0.05, 0) is 39.2 Å². The maximum atomic E-state index is 11.7. The molecule has 0 unspecified atom stereocenters. The van der Waals surface area contributed by atoms with Gasteiger partial charge in [0.25, 0.3) is 6.08 Å². The van der Waals surface area contributed by atoms with Gasteiger partial charge < -0.3 is 5.11 Å². The Balaban J connectivity index is 3.13. The number of unbranched alkanes of at least 4 members (excludes halogenated alkanes) is 6. The molecule has 0 spiro atoms. The molecule has 0 saturated carbocycles. The van der Waals surface area contributed by atoms with Crippen LogP contribution in [0.3, 0.4) is 0 Å².